The Morgan fingerprint density at radius 1 is 1.30 bits per heavy atom. The number of aromatic nitrogens is 3. The minimum atomic E-state index is -0.456. The van der Waals surface area contributed by atoms with E-state index in [1.807, 2.05) is 6.92 Å². The molecule has 0 aliphatic carbocycles. The molecule has 160 valence electrons. The van der Waals surface area contributed by atoms with Crippen molar-refractivity contribution in [3.8, 4) is 11.7 Å². The lowest BCUT2D eigenvalue weighted by atomic mass is 10.0. The maximum atomic E-state index is 13.3. The Hall–Kier alpha value is -3.20. The summed E-state index contributed by atoms with van der Waals surface area (Å²) in [7, 11) is 1.33. The molecule has 0 aliphatic rings. The number of esters is 1. The van der Waals surface area contributed by atoms with Gasteiger partial charge in [-0.3, -0.25) is 4.79 Å². The zero-order chi connectivity index (χ0) is 21.8. The summed E-state index contributed by atoms with van der Waals surface area (Å²) >= 11 is 0. The highest BCUT2D eigenvalue weighted by molar-refractivity contribution is 6.03. The van der Waals surface area contributed by atoms with E-state index in [4.69, 9.17) is 13.6 Å². The Morgan fingerprint density at radius 3 is 2.70 bits per heavy atom. The van der Waals surface area contributed by atoms with Crippen LogP contribution in [-0.2, 0) is 11.3 Å². The van der Waals surface area contributed by atoms with Crippen LogP contribution in [0.15, 0.2) is 27.2 Å². The van der Waals surface area contributed by atoms with E-state index in [0.717, 1.165) is 17.9 Å². The highest BCUT2D eigenvalue weighted by atomic mass is 16.5. The minimum Gasteiger partial charge on any atom is -0.465 e. The van der Waals surface area contributed by atoms with Gasteiger partial charge in [0.15, 0.2) is 18.3 Å². The lowest BCUT2D eigenvalue weighted by molar-refractivity contribution is -0.928. The Morgan fingerprint density at radius 2 is 2.07 bits per heavy atom. The number of ether oxygens (including phenoxy) is 1. The van der Waals surface area contributed by atoms with Gasteiger partial charge in [0, 0.05) is 5.69 Å². The molecule has 0 spiro atoms. The van der Waals surface area contributed by atoms with Crippen LogP contribution in [-0.4, -0.2) is 46.6 Å². The summed E-state index contributed by atoms with van der Waals surface area (Å²) in [5.74, 6) is 0.701. The first-order chi connectivity index (χ1) is 14.4. The molecule has 2 N–H and O–H groups in total. The quantitative estimate of drug-likeness (QED) is 0.406. The van der Waals surface area contributed by atoms with Crippen LogP contribution in [0.25, 0.3) is 11.7 Å². The first-order valence-electron chi connectivity index (χ1n) is 9.89. The Balaban J connectivity index is 1.81. The molecule has 3 rings (SSSR count). The summed E-state index contributed by atoms with van der Waals surface area (Å²) in [5, 5.41) is 8.13. The van der Waals surface area contributed by atoms with E-state index >= 15 is 0 Å². The molecule has 2 atom stereocenters. The molecule has 9 nitrogen and oxygen atoms in total. The number of furan rings is 1. The molecule has 0 aromatic carbocycles. The van der Waals surface area contributed by atoms with Crippen LogP contribution in [0.4, 0.5) is 0 Å². The summed E-state index contributed by atoms with van der Waals surface area (Å²) in [5.41, 5.74) is 2.05. The van der Waals surface area contributed by atoms with Crippen molar-refractivity contribution in [2.24, 2.45) is 0 Å². The predicted octanol–water partition coefficient (Wildman–Crippen LogP) is 2.13. The summed E-state index contributed by atoms with van der Waals surface area (Å²) in [4.78, 5) is 29.4. The molecule has 30 heavy (non-hydrogen) atoms. The number of nitrogens with zero attached hydrogens (tertiary/aromatic N) is 2. The third-order valence-electron chi connectivity index (χ3n) is 5.23. The summed E-state index contributed by atoms with van der Waals surface area (Å²) in [6.45, 7) is 8.57. The van der Waals surface area contributed by atoms with Crippen LogP contribution in [0.5, 0.6) is 0 Å². The average Bonchev–Trinajstić information content (AvgIpc) is 3.46. The van der Waals surface area contributed by atoms with Gasteiger partial charge >= 0.3 is 5.97 Å². The number of ketones is 1. The topological polar surface area (TPSA) is 116 Å². The molecular formula is C21H27N4O5+. The van der Waals surface area contributed by atoms with Crippen LogP contribution in [0.2, 0.25) is 0 Å². The Bertz CT molecular complexity index is 1020. The van der Waals surface area contributed by atoms with Crippen molar-refractivity contribution in [1.82, 2.24) is 15.2 Å². The fourth-order valence-corrected chi connectivity index (χ4v) is 3.60. The van der Waals surface area contributed by atoms with Crippen molar-refractivity contribution in [3.63, 3.8) is 0 Å². The molecule has 0 saturated carbocycles. The van der Waals surface area contributed by atoms with Crippen molar-refractivity contribution in [1.29, 1.82) is 0 Å². The van der Waals surface area contributed by atoms with Gasteiger partial charge in [0.2, 0.25) is 5.78 Å². The second kappa shape index (κ2) is 9.08. The van der Waals surface area contributed by atoms with Crippen molar-refractivity contribution < 1.29 is 28.1 Å². The fraction of sp³-hybridized carbons (Fsp3) is 0.429. The van der Waals surface area contributed by atoms with E-state index in [9.17, 15) is 9.59 Å². The van der Waals surface area contributed by atoms with Gasteiger partial charge < -0.3 is 23.5 Å². The van der Waals surface area contributed by atoms with E-state index in [1.54, 1.807) is 26.0 Å². The van der Waals surface area contributed by atoms with Crippen molar-refractivity contribution in [2.75, 3.05) is 13.7 Å². The number of carbonyl (C=O) groups is 2. The Kier molecular flexibility index (Phi) is 6.51. The minimum absolute atomic E-state index is 0.0834. The largest absolute Gasteiger partial charge is 0.465 e. The van der Waals surface area contributed by atoms with E-state index in [1.165, 1.54) is 13.4 Å². The monoisotopic (exact) mass is 415 g/mol. The van der Waals surface area contributed by atoms with Crippen molar-refractivity contribution in [3.05, 3.63) is 46.8 Å². The third-order valence-corrected chi connectivity index (χ3v) is 5.23. The molecule has 0 aliphatic heterocycles. The van der Waals surface area contributed by atoms with Gasteiger partial charge in [-0.2, -0.15) is 0 Å². The van der Waals surface area contributed by atoms with E-state index in [-0.39, 0.29) is 11.8 Å². The average molecular weight is 415 g/mol. The van der Waals surface area contributed by atoms with Crippen LogP contribution in [0.3, 0.4) is 0 Å². The number of hydrogen-bond acceptors (Lipinski definition) is 7. The maximum Gasteiger partial charge on any atom is 0.339 e. The first-order valence-corrected chi connectivity index (χ1v) is 9.89. The fourth-order valence-electron chi connectivity index (χ4n) is 3.60. The zero-order valence-electron chi connectivity index (χ0n) is 17.9. The number of carbonyl (C=O) groups excluding carboxylic acids is 2. The molecule has 0 fully saturated rings. The molecule has 9 heteroatoms. The van der Waals surface area contributed by atoms with Gasteiger partial charge in [-0.1, -0.05) is 6.92 Å². The van der Waals surface area contributed by atoms with E-state index in [2.05, 4.69) is 22.1 Å². The van der Waals surface area contributed by atoms with E-state index in [0.29, 0.717) is 46.6 Å². The first kappa shape index (κ1) is 21.5. The van der Waals surface area contributed by atoms with Gasteiger partial charge in [0.1, 0.15) is 0 Å². The molecule has 0 amide bonds. The molecule has 3 heterocycles. The summed E-state index contributed by atoms with van der Waals surface area (Å²) in [6.07, 6.45) is 2.42. The number of H-pyrrole nitrogens is 1. The number of rotatable bonds is 9. The second-order valence-corrected chi connectivity index (χ2v) is 7.27. The number of quaternary nitrogens is 1. The molecule has 0 radical (unpaired) electrons. The van der Waals surface area contributed by atoms with Crippen molar-refractivity contribution in [2.45, 2.75) is 46.7 Å². The van der Waals surface area contributed by atoms with E-state index < -0.39 is 5.97 Å². The van der Waals surface area contributed by atoms with Gasteiger partial charge in [0.05, 0.1) is 31.2 Å². The van der Waals surface area contributed by atoms with Gasteiger partial charge in [-0.25, -0.2) is 4.79 Å². The summed E-state index contributed by atoms with van der Waals surface area (Å²) in [6, 6.07) is 3.11. The van der Waals surface area contributed by atoms with Crippen LogP contribution in [0, 0.1) is 13.8 Å². The summed E-state index contributed by atoms with van der Waals surface area (Å²) < 4.78 is 15.8. The van der Waals surface area contributed by atoms with Gasteiger partial charge in [-0.05, 0) is 44.9 Å². The molecule has 3 aromatic heterocycles. The second-order valence-electron chi connectivity index (χ2n) is 7.27. The number of aryl methyl sites for hydroxylation is 1. The number of nitrogens with one attached hydrogen (secondary N) is 2. The standard InChI is InChI=1S/C21H26N4O5/c1-6-9-25(11-16-23-24-20(30-16)15-8-7-10-29-15)14(4)19(26)18-12(2)17(13(3)22-18)21(27)28-5/h7-8,10,14,22H,6,9,11H2,1-5H3/p+1/t14-/m1/s1. The maximum absolute atomic E-state index is 13.3. The number of hydrogen-bond donors (Lipinski definition) is 2. The molecule has 1 unspecified atom stereocenters. The smallest absolute Gasteiger partial charge is 0.339 e. The number of aromatic amines is 1. The normalized spacial score (nSPS) is 13.2. The SMILES string of the molecule is CCC[NH+](Cc1nnc(-c2ccco2)o1)[C@H](C)C(=O)c1[nH]c(C)c(C(=O)OC)c1C. The molecule has 0 bridgehead atoms. The molecular weight excluding hydrogens is 388 g/mol. The highest BCUT2D eigenvalue weighted by Crippen LogP contribution is 2.20. The lowest BCUT2D eigenvalue weighted by Crippen LogP contribution is -3.15. The molecule has 3 aromatic rings. The third kappa shape index (κ3) is 4.20. The van der Waals surface area contributed by atoms with Crippen LogP contribution in [0.1, 0.15) is 58.3 Å². The Labute approximate surface area is 174 Å². The number of methoxy groups -OCH3 is 1. The highest BCUT2D eigenvalue weighted by Gasteiger charge is 2.32. The van der Waals surface area contributed by atoms with Crippen molar-refractivity contribution >= 4 is 11.8 Å². The predicted molar refractivity (Wildman–Crippen MR) is 107 cm³/mol. The van der Waals surface area contributed by atoms with Gasteiger partial charge in [-0.15, -0.1) is 10.2 Å². The van der Waals surface area contributed by atoms with Crippen LogP contribution >= 0.6 is 0 Å². The zero-order valence-corrected chi connectivity index (χ0v) is 17.9. The number of Topliss-reactive ketones (excluding diaryl/α,β-unsaturated/α-hetero) is 1. The van der Waals surface area contributed by atoms with Crippen LogP contribution < -0.4 is 4.90 Å². The lowest BCUT2D eigenvalue weighted by Gasteiger charge is -2.23. The molecule has 0 saturated heterocycles. The van der Waals surface area contributed by atoms with Gasteiger partial charge in [0.25, 0.3) is 11.8 Å².